The molecule has 192 valence electrons. The van der Waals surface area contributed by atoms with Gasteiger partial charge in [0.2, 0.25) is 6.41 Å². The van der Waals surface area contributed by atoms with Gasteiger partial charge < -0.3 is 19.7 Å². The van der Waals surface area contributed by atoms with Gasteiger partial charge in [-0.15, -0.1) is 0 Å². The summed E-state index contributed by atoms with van der Waals surface area (Å²) in [5.41, 5.74) is -1.20. The van der Waals surface area contributed by atoms with Crippen molar-refractivity contribution in [3.8, 4) is 0 Å². The Labute approximate surface area is 202 Å². The van der Waals surface area contributed by atoms with Crippen molar-refractivity contribution in [2.75, 3.05) is 13.7 Å². The lowest BCUT2D eigenvalue weighted by molar-refractivity contribution is -0.243. The zero-order chi connectivity index (χ0) is 24.6. The number of methoxy groups -OCH3 is 1. The molecule has 2 fully saturated rings. The molecule has 0 radical (unpaired) electrons. The van der Waals surface area contributed by atoms with Crippen molar-refractivity contribution in [1.82, 2.24) is 10.2 Å². The molecule has 0 aromatic carbocycles. The molecule has 6 heteroatoms. The van der Waals surface area contributed by atoms with Crippen molar-refractivity contribution in [2.24, 2.45) is 0 Å². The first-order valence-corrected chi connectivity index (χ1v) is 13.2. The summed E-state index contributed by atoms with van der Waals surface area (Å²) in [6.45, 7) is 11.5. The first-order chi connectivity index (χ1) is 15.4. The van der Waals surface area contributed by atoms with E-state index in [2.05, 4.69) is 39.9 Å². The molecule has 1 N–H and O–H groups in total. The van der Waals surface area contributed by atoms with Crippen LogP contribution in [0.1, 0.15) is 125 Å². The summed E-state index contributed by atoms with van der Waals surface area (Å²) in [4.78, 5) is 26.2. The molecule has 33 heavy (non-hydrogen) atoms. The normalized spacial score (nSPS) is 25.2. The van der Waals surface area contributed by atoms with Crippen LogP contribution in [0.2, 0.25) is 0 Å². The molecule has 0 aromatic rings. The van der Waals surface area contributed by atoms with Gasteiger partial charge in [-0.05, 0) is 73.1 Å². The number of amides is 1. The highest BCUT2D eigenvalue weighted by atomic mass is 16.5. The van der Waals surface area contributed by atoms with Crippen LogP contribution in [0.5, 0.6) is 0 Å². The first-order valence-electron chi connectivity index (χ1n) is 13.2. The highest BCUT2D eigenvalue weighted by molar-refractivity contribution is 5.69. The minimum Gasteiger partial charge on any atom is -0.469 e. The summed E-state index contributed by atoms with van der Waals surface area (Å²) < 4.78 is 12.1. The number of hydrogen-bond donors (Lipinski definition) is 1. The Bertz CT molecular complexity index is 604. The Balaban J connectivity index is 2.37. The summed E-state index contributed by atoms with van der Waals surface area (Å²) in [5, 5.41) is 3.76. The Kier molecular flexibility index (Phi) is 10.2. The number of piperidine rings is 1. The van der Waals surface area contributed by atoms with E-state index in [1.807, 2.05) is 0 Å². The maximum Gasteiger partial charge on any atom is 0.307 e. The van der Waals surface area contributed by atoms with Crippen LogP contribution < -0.4 is 5.32 Å². The molecule has 1 aliphatic heterocycles. The molecule has 2 rings (SSSR count). The number of esters is 1. The van der Waals surface area contributed by atoms with Crippen molar-refractivity contribution in [2.45, 2.75) is 147 Å². The number of ether oxygens (including phenoxy) is 2. The van der Waals surface area contributed by atoms with Gasteiger partial charge in [-0.2, -0.15) is 0 Å². The van der Waals surface area contributed by atoms with E-state index in [0.29, 0.717) is 6.54 Å². The fourth-order valence-electron chi connectivity index (χ4n) is 6.75. The van der Waals surface area contributed by atoms with E-state index in [1.165, 1.54) is 39.2 Å². The van der Waals surface area contributed by atoms with Crippen LogP contribution in [-0.2, 0) is 19.1 Å². The van der Waals surface area contributed by atoms with Crippen LogP contribution in [0.15, 0.2) is 0 Å². The summed E-state index contributed by atoms with van der Waals surface area (Å²) in [6.07, 6.45) is 15.2. The van der Waals surface area contributed by atoms with Gasteiger partial charge in [0.25, 0.3) is 0 Å². The van der Waals surface area contributed by atoms with E-state index in [1.54, 1.807) is 4.90 Å². The van der Waals surface area contributed by atoms with Gasteiger partial charge in [0.1, 0.15) is 5.72 Å². The van der Waals surface area contributed by atoms with E-state index >= 15 is 0 Å². The number of hydrogen-bond acceptors (Lipinski definition) is 5. The zero-order valence-electron chi connectivity index (χ0n) is 22.3. The third-order valence-electron chi connectivity index (χ3n) is 7.31. The number of nitrogens with zero attached hydrogens (tertiary/aromatic N) is 1. The number of carbonyl (C=O) groups is 2. The average Bonchev–Trinajstić information content (AvgIpc) is 2.67. The van der Waals surface area contributed by atoms with E-state index in [9.17, 15) is 9.59 Å². The topological polar surface area (TPSA) is 67.9 Å². The predicted octanol–water partition coefficient (Wildman–Crippen LogP) is 5.72. The lowest BCUT2D eigenvalue weighted by atomic mass is 9.73. The van der Waals surface area contributed by atoms with Crippen LogP contribution in [0.4, 0.5) is 0 Å². The molecule has 1 saturated heterocycles. The first kappa shape index (κ1) is 28.1. The van der Waals surface area contributed by atoms with E-state index < -0.39 is 5.72 Å². The average molecular weight is 467 g/mol. The molecule has 0 spiro atoms. The van der Waals surface area contributed by atoms with Crippen LogP contribution in [0, 0.1) is 0 Å². The molecular weight excluding hydrogens is 416 g/mol. The number of rotatable bonds is 7. The molecular formula is C27H50N2O4. The highest BCUT2D eigenvalue weighted by Gasteiger charge is 2.50. The van der Waals surface area contributed by atoms with Crippen molar-refractivity contribution >= 4 is 12.4 Å². The lowest BCUT2D eigenvalue weighted by Crippen LogP contribution is -2.66. The molecule has 2 aliphatic rings. The summed E-state index contributed by atoms with van der Waals surface area (Å²) in [7, 11) is 1.40. The Morgan fingerprint density at radius 1 is 0.848 bits per heavy atom. The third-order valence-corrected chi connectivity index (χ3v) is 7.31. The largest absolute Gasteiger partial charge is 0.469 e. The molecule has 0 bridgehead atoms. The minimum atomic E-state index is -0.687. The van der Waals surface area contributed by atoms with E-state index in [-0.39, 0.29) is 29.1 Å². The van der Waals surface area contributed by atoms with Crippen molar-refractivity contribution < 1.29 is 19.1 Å². The van der Waals surface area contributed by atoms with Crippen molar-refractivity contribution in [3.05, 3.63) is 0 Å². The molecule has 1 saturated carbocycles. The van der Waals surface area contributed by atoms with Gasteiger partial charge in [-0.25, -0.2) is 0 Å². The van der Waals surface area contributed by atoms with Crippen molar-refractivity contribution in [1.29, 1.82) is 0 Å². The SMILES string of the molecule is COC(=O)CCN(C=O)C1(OC2(C)CC(C)(C)NC(C)(C)C2)CCCCCCCCCCC1. The molecule has 6 nitrogen and oxygen atoms in total. The van der Waals surface area contributed by atoms with Gasteiger partial charge in [0.05, 0.1) is 19.1 Å². The second-order valence-electron chi connectivity index (χ2n) is 12.1. The Hall–Kier alpha value is -1.14. The highest BCUT2D eigenvalue weighted by Crippen LogP contribution is 2.44. The van der Waals surface area contributed by atoms with Gasteiger partial charge >= 0.3 is 5.97 Å². The quantitative estimate of drug-likeness (QED) is 0.295. The fraction of sp³-hybridized carbons (Fsp3) is 0.926. The maximum atomic E-state index is 12.5. The zero-order valence-corrected chi connectivity index (χ0v) is 22.3. The Morgan fingerprint density at radius 3 is 1.73 bits per heavy atom. The van der Waals surface area contributed by atoms with Crippen LogP contribution >= 0.6 is 0 Å². The smallest absolute Gasteiger partial charge is 0.307 e. The van der Waals surface area contributed by atoms with Gasteiger partial charge in [0, 0.05) is 17.6 Å². The van der Waals surface area contributed by atoms with Crippen LogP contribution in [0.3, 0.4) is 0 Å². The molecule has 0 aromatic heterocycles. The van der Waals surface area contributed by atoms with Crippen LogP contribution in [0.25, 0.3) is 0 Å². The van der Waals surface area contributed by atoms with E-state index in [0.717, 1.165) is 57.8 Å². The second-order valence-corrected chi connectivity index (χ2v) is 12.1. The molecule has 1 amide bonds. The predicted molar refractivity (Wildman–Crippen MR) is 133 cm³/mol. The Morgan fingerprint density at radius 2 is 1.30 bits per heavy atom. The van der Waals surface area contributed by atoms with Gasteiger partial charge in [-0.3, -0.25) is 9.59 Å². The van der Waals surface area contributed by atoms with E-state index in [4.69, 9.17) is 9.47 Å². The van der Waals surface area contributed by atoms with Gasteiger partial charge in [-0.1, -0.05) is 44.9 Å². The molecule has 0 atom stereocenters. The summed E-state index contributed by atoms with van der Waals surface area (Å²) >= 11 is 0. The second kappa shape index (κ2) is 12.0. The molecule has 0 unspecified atom stereocenters. The monoisotopic (exact) mass is 466 g/mol. The molecule has 1 aliphatic carbocycles. The number of nitrogens with one attached hydrogen (secondary N) is 1. The summed E-state index contributed by atoms with van der Waals surface area (Å²) in [6, 6.07) is 0. The van der Waals surface area contributed by atoms with Crippen LogP contribution in [-0.4, -0.2) is 53.3 Å². The third kappa shape index (κ3) is 8.86. The van der Waals surface area contributed by atoms with Crippen molar-refractivity contribution in [3.63, 3.8) is 0 Å². The number of carbonyl (C=O) groups excluding carboxylic acids is 2. The lowest BCUT2D eigenvalue weighted by Gasteiger charge is -2.55. The maximum absolute atomic E-state index is 12.5. The molecule has 1 heterocycles. The summed E-state index contributed by atoms with van der Waals surface area (Å²) in [5.74, 6) is -0.291. The van der Waals surface area contributed by atoms with Gasteiger partial charge in [0.15, 0.2) is 0 Å². The fourth-order valence-corrected chi connectivity index (χ4v) is 6.75. The standard InChI is InChI=1S/C27H50N2O4/c1-24(2)20-26(5,21-25(3,4)28-24)33-27(29(22-30)19-16-23(31)32-6)17-14-12-10-8-7-9-11-13-15-18-27/h22,28H,7-21H2,1-6H3. The minimum absolute atomic E-state index is 0.0684.